The number of halogens is 3. The van der Waals surface area contributed by atoms with Crippen molar-refractivity contribution in [2.24, 2.45) is 0 Å². The molecule has 0 spiro atoms. The first-order valence-electron chi connectivity index (χ1n) is 6.66. The van der Waals surface area contributed by atoms with Crippen molar-refractivity contribution in [1.82, 2.24) is 14.8 Å². The second kappa shape index (κ2) is 6.81. The molecule has 2 heterocycles. The summed E-state index contributed by atoms with van der Waals surface area (Å²) >= 11 is 14.7. The van der Waals surface area contributed by atoms with Crippen LogP contribution in [0.25, 0.3) is 0 Å². The third kappa shape index (κ3) is 3.52. The molecule has 3 atom stereocenters. The van der Waals surface area contributed by atoms with Crippen LogP contribution in [0, 0.1) is 0 Å². The SMILES string of the molecule is Clc1ccc(C2CC(CI)OC2Cn2cncn2)c(Cl)c1. The fraction of sp³-hybridized carbons (Fsp3) is 0.429. The van der Waals surface area contributed by atoms with Gasteiger partial charge in [-0.3, -0.25) is 4.68 Å². The van der Waals surface area contributed by atoms with E-state index in [1.807, 2.05) is 12.1 Å². The zero-order valence-corrected chi connectivity index (χ0v) is 14.8. The minimum Gasteiger partial charge on any atom is -0.372 e. The lowest BCUT2D eigenvalue weighted by molar-refractivity contribution is 0.0425. The zero-order valence-electron chi connectivity index (χ0n) is 11.1. The summed E-state index contributed by atoms with van der Waals surface area (Å²) in [5.74, 6) is 0.249. The average molecular weight is 438 g/mol. The van der Waals surface area contributed by atoms with E-state index in [4.69, 9.17) is 27.9 Å². The summed E-state index contributed by atoms with van der Waals surface area (Å²) in [6, 6.07) is 5.68. The minimum absolute atomic E-state index is 0.0464. The van der Waals surface area contributed by atoms with Gasteiger partial charge in [0.05, 0.1) is 18.8 Å². The summed E-state index contributed by atoms with van der Waals surface area (Å²) in [5, 5.41) is 5.52. The van der Waals surface area contributed by atoms with Crippen LogP contribution in [0.2, 0.25) is 10.0 Å². The van der Waals surface area contributed by atoms with Crippen molar-refractivity contribution in [3.63, 3.8) is 0 Å². The fourth-order valence-corrected chi connectivity index (χ4v) is 3.86. The van der Waals surface area contributed by atoms with Gasteiger partial charge in [-0.05, 0) is 24.1 Å². The van der Waals surface area contributed by atoms with E-state index >= 15 is 0 Å². The maximum absolute atomic E-state index is 6.37. The number of benzene rings is 1. The molecule has 112 valence electrons. The van der Waals surface area contributed by atoms with E-state index in [2.05, 4.69) is 32.7 Å². The van der Waals surface area contributed by atoms with E-state index in [1.165, 1.54) is 6.33 Å². The Morgan fingerprint density at radius 2 is 2.24 bits per heavy atom. The van der Waals surface area contributed by atoms with Crippen molar-refractivity contribution in [3.8, 4) is 0 Å². The zero-order chi connectivity index (χ0) is 14.8. The molecule has 0 N–H and O–H groups in total. The van der Waals surface area contributed by atoms with Crippen molar-refractivity contribution in [3.05, 3.63) is 46.5 Å². The molecule has 4 nitrogen and oxygen atoms in total. The normalized spacial score (nSPS) is 25.4. The topological polar surface area (TPSA) is 39.9 Å². The van der Waals surface area contributed by atoms with Gasteiger partial charge < -0.3 is 4.74 Å². The van der Waals surface area contributed by atoms with Crippen LogP contribution in [0.3, 0.4) is 0 Å². The van der Waals surface area contributed by atoms with E-state index in [9.17, 15) is 0 Å². The van der Waals surface area contributed by atoms with E-state index in [0.29, 0.717) is 16.6 Å². The van der Waals surface area contributed by atoms with Crippen molar-refractivity contribution in [1.29, 1.82) is 0 Å². The first kappa shape index (κ1) is 15.5. The van der Waals surface area contributed by atoms with E-state index < -0.39 is 0 Å². The monoisotopic (exact) mass is 437 g/mol. The quantitative estimate of drug-likeness (QED) is 0.536. The average Bonchev–Trinajstić information content (AvgIpc) is 3.09. The Morgan fingerprint density at radius 1 is 1.38 bits per heavy atom. The molecule has 1 aliphatic rings. The molecule has 1 fully saturated rings. The second-order valence-corrected chi connectivity index (χ2v) is 6.80. The summed E-state index contributed by atoms with van der Waals surface area (Å²) < 4.78 is 8.92. The summed E-state index contributed by atoms with van der Waals surface area (Å²) in [6.07, 6.45) is 4.50. The highest BCUT2D eigenvalue weighted by Gasteiger charge is 2.37. The number of hydrogen-bond acceptors (Lipinski definition) is 3. The molecule has 3 unspecified atom stereocenters. The Morgan fingerprint density at radius 3 is 2.90 bits per heavy atom. The van der Waals surface area contributed by atoms with Gasteiger partial charge in [-0.15, -0.1) is 0 Å². The molecule has 1 aromatic heterocycles. The largest absolute Gasteiger partial charge is 0.372 e. The Hall–Kier alpha value is -0.370. The highest BCUT2D eigenvalue weighted by molar-refractivity contribution is 14.1. The molecule has 1 aromatic carbocycles. The molecule has 1 saturated heterocycles. The first-order valence-corrected chi connectivity index (χ1v) is 8.94. The molecule has 0 aliphatic carbocycles. The van der Waals surface area contributed by atoms with Crippen LogP contribution in [0.4, 0.5) is 0 Å². The van der Waals surface area contributed by atoms with E-state index in [0.717, 1.165) is 16.4 Å². The van der Waals surface area contributed by atoms with Gasteiger partial charge in [-0.1, -0.05) is 51.9 Å². The third-order valence-corrected chi connectivity index (χ3v) is 5.25. The van der Waals surface area contributed by atoms with Crippen molar-refractivity contribution >= 4 is 45.8 Å². The van der Waals surface area contributed by atoms with Crippen molar-refractivity contribution in [2.75, 3.05) is 4.43 Å². The lowest BCUT2D eigenvalue weighted by atomic mass is 9.91. The fourth-order valence-electron chi connectivity index (χ4n) is 2.74. The van der Waals surface area contributed by atoms with E-state index in [-0.39, 0.29) is 18.1 Å². The van der Waals surface area contributed by atoms with Crippen molar-refractivity contribution < 1.29 is 4.74 Å². The van der Waals surface area contributed by atoms with Crippen LogP contribution in [-0.2, 0) is 11.3 Å². The Kier molecular flexibility index (Phi) is 5.03. The lowest BCUT2D eigenvalue weighted by Crippen LogP contribution is -2.22. The highest BCUT2D eigenvalue weighted by Crippen LogP contribution is 2.40. The Bertz CT molecular complexity index is 608. The number of alkyl halides is 1. The van der Waals surface area contributed by atoms with Crippen molar-refractivity contribution in [2.45, 2.75) is 31.1 Å². The maximum Gasteiger partial charge on any atom is 0.137 e. The number of ether oxygens (including phenoxy) is 1. The molecule has 1 aliphatic heterocycles. The first-order chi connectivity index (χ1) is 10.2. The summed E-state index contributed by atoms with van der Waals surface area (Å²) in [6.45, 7) is 0.677. The summed E-state index contributed by atoms with van der Waals surface area (Å²) in [4.78, 5) is 3.98. The van der Waals surface area contributed by atoms with Crippen LogP contribution in [0.1, 0.15) is 17.9 Å². The van der Waals surface area contributed by atoms with Gasteiger partial charge in [0.25, 0.3) is 0 Å². The lowest BCUT2D eigenvalue weighted by Gasteiger charge is -2.19. The predicted octanol–water partition coefficient (Wildman–Crippen LogP) is 3.96. The second-order valence-electron chi connectivity index (χ2n) is 5.08. The van der Waals surface area contributed by atoms with Crippen LogP contribution >= 0.6 is 45.8 Å². The van der Waals surface area contributed by atoms with Gasteiger partial charge in [-0.25, -0.2) is 4.98 Å². The van der Waals surface area contributed by atoms with Gasteiger partial charge in [0.15, 0.2) is 0 Å². The number of hydrogen-bond donors (Lipinski definition) is 0. The standard InChI is InChI=1S/C14H14Cl2IN3O/c15-9-1-2-11(13(16)3-9)12-4-10(5-17)21-14(12)6-20-8-18-7-19-20/h1-3,7-8,10,12,14H,4-6H2. The van der Waals surface area contributed by atoms with Crippen LogP contribution in [-0.4, -0.2) is 31.4 Å². The maximum atomic E-state index is 6.37. The van der Waals surface area contributed by atoms with Gasteiger partial charge in [0.1, 0.15) is 12.7 Å². The highest BCUT2D eigenvalue weighted by atomic mass is 127. The molecule has 21 heavy (non-hydrogen) atoms. The molecule has 0 bridgehead atoms. The number of nitrogens with zero attached hydrogens (tertiary/aromatic N) is 3. The van der Waals surface area contributed by atoms with Gasteiger partial charge >= 0.3 is 0 Å². The molecular weight excluding hydrogens is 424 g/mol. The third-order valence-electron chi connectivity index (χ3n) is 3.70. The summed E-state index contributed by atoms with van der Waals surface area (Å²) in [7, 11) is 0. The van der Waals surface area contributed by atoms with Crippen LogP contribution in [0.15, 0.2) is 30.9 Å². The molecule has 0 amide bonds. The molecule has 0 radical (unpaired) electrons. The van der Waals surface area contributed by atoms with Crippen LogP contribution < -0.4 is 0 Å². The Labute approximate surface area is 146 Å². The molecule has 0 saturated carbocycles. The van der Waals surface area contributed by atoms with Gasteiger partial charge in [-0.2, -0.15) is 5.10 Å². The molecule has 2 aromatic rings. The smallest absolute Gasteiger partial charge is 0.137 e. The molecule has 3 rings (SSSR count). The van der Waals surface area contributed by atoms with Gasteiger partial charge in [0, 0.05) is 20.4 Å². The molecular formula is C14H14Cl2IN3O. The van der Waals surface area contributed by atoms with E-state index in [1.54, 1.807) is 17.1 Å². The number of aromatic nitrogens is 3. The minimum atomic E-state index is 0.0464. The summed E-state index contributed by atoms with van der Waals surface area (Å²) in [5.41, 5.74) is 1.10. The van der Waals surface area contributed by atoms with Gasteiger partial charge in [0.2, 0.25) is 0 Å². The Balaban J connectivity index is 1.86. The molecule has 7 heteroatoms. The predicted molar refractivity (Wildman–Crippen MR) is 91.4 cm³/mol. The number of rotatable bonds is 4. The van der Waals surface area contributed by atoms with Crippen LogP contribution in [0.5, 0.6) is 0 Å².